The number of hydrogen-bond acceptors (Lipinski definition) is 5. The Morgan fingerprint density at radius 2 is 1.80 bits per heavy atom. The molecule has 0 aliphatic heterocycles. The Bertz CT molecular complexity index is 782. The lowest BCUT2D eigenvalue weighted by atomic mass is 9.83. The molecule has 1 amide bonds. The topological polar surface area (TPSA) is 84.9 Å². The summed E-state index contributed by atoms with van der Waals surface area (Å²) in [5.41, 5.74) is 0.00644. The predicted octanol–water partition coefficient (Wildman–Crippen LogP) is 3.06. The number of carbonyl (C=O) groups excluding carboxylic acids is 1. The molecule has 0 saturated carbocycles. The van der Waals surface area contributed by atoms with E-state index < -0.39 is 11.4 Å². The molecule has 0 radical (unpaired) electrons. The molecule has 1 aromatic carbocycles. The maximum absolute atomic E-state index is 12.6. The highest BCUT2D eigenvalue weighted by molar-refractivity contribution is 7.13. The molecule has 0 unspecified atom stereocenters. The van der Waals surface area contributed by atoms with Gasteiger partial charge in [-0.2, -0.15) is 0 Å². The second-order valence-corrected chi connectivity index (χ2v) is 7.12. The molecule has 0 saturated heterocycles. The van der Waals surface area contributed by atoms with Gasteiger partial charge in [-0.3, -0.25) is 4.79 Å². The molecule has 1 heterocycles. The number of thiophene rings is 1. The summed E-state index contributed by atoms with van der Waals surface area (Å²) in [4.78, 5) is 24.6. The monoisotopic (exact) mass is 363 g/mol. The number of carbonyl (C=O) groups is 2. The molecular weight excluding hydrogens is 342 g/mol. The van der Waals surface area contributed by atoms with Crippen molar-refractivity contribution in [3.05, 3.63) is 45.6 Å². The number of carboxylic acid groups (broad SMARTS) is 1. The summed E-state index contributed by atoms with van der Waals surface area (Å²) in [7, 11) is 3.10. The fourth-order valence-electron chi connectivity index (χ4n) is 2.33. The molecule has 0 atom stereocenters. The summed E-state index contributed by atoms with van der Waals surface area (Å²) in [5, 5.41) is 11.8. The summed E-state index contributed by atoms with van der Waals surface area (Å²) in [5.74, 6) is 0.0331. The van der Waals surface area contributed by atoms with E-state index in [1.807, 2.05) is 19.9 Å². The van der Waals surface area contributed by atoms with Gasteiger partial charge in [-0.1, -0.05) is 6.07 Å². The number of aromatic carboxylic acids is 1. The van der Waals surface area contributed by atoms with E-state index in [1.54, 1.807) is 32.4 Å². The lowest BCUT2D eigenvalue weighted by Crippen LogP contribution is -2.39. The Labute approximate surface area is 150 Å². The third-order valence-electron chi connectivity index (χ3n) is 3.97. The summed E-state index contributed by atoms with van der Waals surface area (Å²) >= 11 is 1.15. The molecule has 0 aliphatic carbocycles. The Balaban J connectivity index is 2.12. The van der Waals surface area contributed by atoms with Crippen LogP contribution in [0.1, 0.15) is 34.0 Å². The van der Waals surface area contributed by atoms with Crippen molar-refractivity contribution in [3.8, 4) is 11.5 Å². The van der Waals surface area contributed by atoms with Crippen molar-refractivity contribution in [1.29, 1.82) is 0 Å². The first-order valence-corrected chi connectivity index (χ1v) is 8.44. The summed E-state index contributed by atoms with van der Waals surface area (Å²) in [6.45, 7) is 3.93. The van der Waals surface area contributed by atoms with Gasteiger partial charge in [-0.25, -0.2) is 4.79 Å². The number of rotatable bonds is 7. The van der Waals surface area contributed by atoms with Crippen molar-refractivity contribution < 1.29 is 24.2 Å². The molecule has 1 aromatic heterocycles. The zero-order chi connectivity index (χ0) is 18.6. The number of hydrogen-bond donors (Lipinski definition) is 2. The Kier molecular flexibility index (Phi) is 5.69. The number of nitrogens with one attached hydrogen (secondary N) is 1. The van der Waals surface area contributed by atoms with Gasteiger partial charge in [0.2, 0.25) is 5.91 Å². The van der Waals surface area contributed by atoms with Crippen LogP contribution in [0.25, 0.3) is 0 Å². The summed E-state index contributed by atoms with van der Waals surface area (Å²) in [6.07, 6.45) is 0. The van der Waals surface area contributed by atoms with Gasteiger partial charge in [-0.05, 0) is 43.7 Å². The highest BCUT2D eigenvalue weighted by Gasteiger charge is 2.30. The third-order valence-corrected chi connectivity index (χ3v) is 5.04. The number of methoxy groups -OCH3 is 2. The molecule has 2 rings (SSSR count). The van der Waals surface area contributed by atoms with Crippen LogP contribution in [0.4, 0.5) is 0 Å². The van der Waals surface area contributed by atoms with Crippen LogP contribution in [0, 0.1) is 0 Å². The summed E-state index contributed by atoms with van der Waals surface area (Å²) in [6, 6.07) is 8.62. The average molecular weight is 363 g/mol. The normalized spacial score (nSPS) is 11.0. The van der Waals surface area contributed by atoms with Gasteiger partial charge < -0.3 is 19.9 Å². The first-order chi connectivity index (χ1) is 11.8. The molecule has 0 bridgehead atoms. The number of benzene rings is 1. The van der Waals surface area contributed by atoms with Crippen LogP contribution < -0.4 is 14.8 Å². The second-order valence-electron chi connectivity index (χ2n) is 5.95. The van der Waals surface area contributed by atoms with E-state index in [0.29, 0.717) is 11.5 Å². The predicted molar refractivity (Wildman–Crippen MR) is 95.7 cm³/mol. The number of amides is 1. The zero-order valence-corrected chi connectivity index (χ0v) is 15.4. The fraction of sp³-hybridized carbons (Fsp3) is 0.333. The van der Waals surface area contributed by atoms with Crippen LogP contribution >= 0.6 is 11.3 Å². The van der Waals surface area contributed by atoms with Crippen LogP contribution in [-0.4, -0.2) is 31.2 Å². The van der Waals surface area contributed by atoms with Crippen LogP contribution in [0.5, 0.6) is 11.5 Å². The second kappa shape index (κ2) is 7.57. The first kappa shape index (κ1) is 18.8. The van der Waals surface area contributed by atoms with E-state index in [9.17, 15) is 9.59 Å². The van der Waals surface area contributed by atoms with Crippen LogP contribution in [0.3, 0.4) is 0 Å². The van der Waals surface area contributed by atoms with E-state index in [1.165, 1.54) is 6.07 Å². The van der Waals surface area contributed by atoms with Crippen molar-refractivity contribution in [2.24, 2.45) is 0 Å². The van der Waals surface area contributed by atoms with Crippen LogP contribution in [0.2, 0.25) is 0 Å². The molecular formula is C18H21NO5S. The van der Waals surface area contributed by atoms with E-state index in [2.05, 4.69) is 5.32 Å². The lowest BCUT2D eigenvalue weighted by molar-refractivity contribution is -0.125. The highest BCUT2D eigenvalue weighted by atomic mass is 32.1. The van der Waals surface area contributed by atoms with Gasteiger partial charge in [0, 0.05) is 4.88 Å². The maximum atomic E-state index is 12.6. The lowest BCUT2D eigenvalue weighted by Gasteiger charge is -2.25. The minimum atomic E-state index is -0.965. The van der Waals surface area contributed by atoms with Crippen molar-refractivity contribution in [3.63, 3.8) is 0 Å². The minimum absolute atomic E-state index is 0.162. The van der Waals surface area contributed by atoms with Gasteiger partial charge in [0.25, 0.3) is 0 Å². The van der Waals surface area contributed by atoms with E-state index in [-0.39, 0.29) is 17.3 Å². The van der Waals surface area contributed by atoms with Gasteiger partial charge >= 0.3 is 5.97 Å². The first-order valence-electron chi connectivity index (χ1n) is 7.62. The highest BCUT2D eigenvalue weighted by Crippen LogP contribution is 2.33. The molecule has 6 nitrogen and oxygen atoms in total. The smallest absolute Gasteiger partial charge is 0.345 e. The molecule has 0 aliphatic rings. The molecule has 2 N–H and O–H groups in total. The van der Waals surface area contributed by atoms with Crippen molar-refractivity contribution in [1.82, 2.24) is 5.32 Å². The Morgan fingerprint density at radius 3 is 2.36 bits per heavy atom. The minimum Gasteiger partial charge on any atom is -0.493 e. The summed E-state index contributed by atoms with van der Waals surface area (Å²) < 4.78 is 10.5. The standard InChI is InChI=1S/C18H21NO5S/c1-18(2,11-5-7-13(23-3)14(9-11)24-4)17(22)19-10-12-6-8-15(25-12)16(20)21/h5-9H,10H2,1-4H3,(H,19,22)(H,20,21). The molecule has 7 heteroatoms. The van der Waals surface area contributed by atoms with Crippen molar-refractivity contribution >= 4 is 23.2 Å². The molecule has 134 valence electrons. The third kappa shape index (κ3) is 4.11. The average Bonchev–Trinajstić information content (AvgIpc) is 3.08. The zero-order valence-electron chi connectivity index (χ0n) is 14.6. The van der Waals surface area contributed by atoms with E-state index in [4.69, 9.17) is 14.6 Å². The van der Waals surface area contributed by atoms with E-state index in [0.717, 1.165) is 21.8 Å². The quantitative estimate of drug-likeness (QED) is 0.790. The van der Waals surface area contributed by atoms with Gasteiger partial charge in [0.1, 0.15) is 4.88 Å². The van der Waals surface area contributed by atoms with Crippen molar-refractivity contribution in [2.75, 3.05) is 14.2 Å². The van der Waals surface area contributed by atoms with Gasteiger partial charge in [-0.15, -0.1) is 11.3 Å². The van der Waals surface area contributed by atoms with Crippen LogP contribution in [0.15, 0.2) is 30.3 Å². The molecule has 0 spiro atoms. The SMILES string of the molecule is COc1ccc(C(C)(C)C(=O)NCc2ccc(C(=O)O)s2)cc1OC. The Hall–Kier alpha value is -2.54. The molecule has 2 aromatic rings. The maximum Gasteiger partial charge on any atom is 0.345 e. The molecule has 25 heavy (non-hydrogen) atoms. The van der Waals surface area contributed by atoms with Gasteiger partial charge in [0.05, 0.1) is 26.2 Å². The Morgan fingerprint density at radius 1 is 1.12 bits per heavy atom. The number of ether oxygens (including phenoxy) is 2. The molecule has 0 fully saturated rings. The largest absolute Gasteiger partial charge is 0.493 e. The van der Waals surface area contributed by atoms with Crippen LogP contribution in [-0.2, 0) is 16.8 Å². The van der Waals surface area contributed by atoms with Crippen molar-refractivity contribution in [2.45, 2.75) is 25.8 Å². The number of carboxylic acids is 1. The fourth-order valence-corrected chi connectivity index (χ4v) is 3.12. The van der Waals surface area contributed by atoms with E-state index >= 15 is 0 Å². The van der Waals surface area contributed by atoms with Gasteiger partial charge in [0.15, 0.2) is 11.5 Å².